The molecule has 4 heteroatoms. The van der Waals surface area contributed by atoms with Crippen molar-refractivity contribution in [3.8, 4) is 0 Å². The van der Waals surface area contributed by atoms with Crippen LogP contribution in [-0.4, -0.2) is 21.5 Å². The molecule has 1 aromatic heterocycles. The normalized spacial score (nSPS) is 18.1. The van der Waals surface area contributed by atoms with Gasteiger partial charge in [0.25, 0.3) is 0 Å². The van der Waals surface area contributed by atoms with Gasteiger partial charge < -0.3 is 5.11 Å². The number of nitrogens with zero attached hydrogens (tertiary/aromatic N) is 2. The summed E-state index contributed by atoms with van der Waals surface area (Å²) in [6.07, 6.45) is 4.17. The molecule has 2 rings (SSSR count). The number of rotatable bonds is 4. The molecule has 15 heavy (non-hydrogen) atoms. The number of aromatic nitrogens is 2. The van der Waals surface area contributed by atoms with Crippen molar-refractivity contribution in [2.24, 2.45) is 12.5 Å². The lowest BCUT2D eigenvalue weighted by atomic mass is 10.0. The van der Waals surface area contributed by atoms with E-state index in [1.165, 1.54) is 5.69 Å². The fourth-order valence-corrected chi connectivity index (χ4v) is 2.69. The van der Waals surface area contributed by atoms with Crippen molar-refractivity contribution in [1.82, 2.24) is 9.78 Å². The molecule has 1 heterocycles. The van der Waals surface area contributed by atoms with Gasteiger partial charge in [-0.05, 0) is 47.0 Å². The van der Waals surface area contributed by atoms with E-state index in [0.29, 0.717) is 6.61 Å². The van der Waals surface area contributed by atoms with Gasteiger partial charge >= 0.3 is 0 Å². The third-order valence-corrected chi connectivity index (χ3v) is 4.25. The summed E-state index contributed by atoms with van der Waals surface area (Å²) in [5.74, 6) is 0. The summed E-state index contributed by atoms with van der Waals surface area (Å²) in [5.41, 5.74) is 2.49. The molecule has 0 unspecified atom stereocenters. The van der Waals surface area contributed by atoms with Crippen molar-refractivity contribution in [3.05, 3.63) is 15.9 Å². The molecule has 0 spiro atoms. The number of aliphatic hydroxyl groups is 1. The Morgan fingerprint density at radius 2 is 2.20 bits per heavy atom. The average Bonchev–Trinajstić information content (AvgIpc) is 2.96. The summed E-state index contributed by atoms with van der Waals surface area (Å²) < 4.78 is 3.07. The van der Waals surface area contributed by atoms with E-state index < -0.39 is 0 Å². The number of halogens is 1. The van der Waals surface area contributed by atoms with Crippen molar-refractivity contribution in [3.63, 3.8) is 0 Å². The topological polar surface area (TPSA) is 38.0 Å². The highest BCUT2D eigenvalue weighted by atomic mass is 79.9. The Bertz CT molecular complexity index is 369. The lowest BCUT2D eigenvalue weighted by Gasteiger charge is -2.11. The van der Waals surface area contributed by atoms with Crippen LogP contribution in [0.15, 0.2) is 4.47 Å². The maximum absolute atomic E-state index is 9.32. The van der Waals surface area contributed by atoms with Crippen LogP contribution in [0.1, 0.15) is 31.2 Å². The van der Waals surface area contributed by atoms with Gasteiger partial charge in [0.2, 0.25) is 0 Å². The van der Waals surface area contributed by atoms with Gasteiger partial charge in [0.15, 0.2) is 0 Å². The highest BCUT2D eigenvalue weighted by Gasteiger charge is 2.43. The van der Waals surface area contributed by atoms with Crippen molar-refractivity contribution in [2.45, 2.75) is 32.6 Å². The van der Waals surface area contributed by atoms with E-state index in [1.807, 2.05) is 11.7 Å². The fourth-order valence-electron chi connectivity index (χ4n) is 1.93. The third-order valence-electron chi connectivity index (χ3n) is 3.34. The fraction of sp³-hybridized carbons (Fsp3) is 0.727. The van der Waals surface area contributed by atoms with E-state index in [4.69, 9.17) is 0 Å². The quantitative estimate of drug-likeness (QED) is 0.911. The molecule has 0 radical (unpaired) electrons. The summed E-state index contributed by atoms with van der Waals surface area (Å²) in [6.45, 7) is 2.40. The lowest BCUT2D eigenvalue weighted by molar-refractivity contribution is 0.209. The number of hydrogen-bond donors (Lipinski definition) is 1. The van der Waals surface area contributed by atoms with Crippen LogP contribution in [0.25, 0.3) is 0 Å². The van der Waals surface area contributed by atoms with Gasteiger partial charge in [-0.25, -0.2) is 0 Å². The largest absolute Gasteiger partial charge is 0.396 e. The van der Waals surface area contributed by atoms with E-state index in [2.05, 4.69) is 28.0 Å². The molecule has 0 aliphatic heterocycles. The summed E-state index contributed by atoms with van der Waals surface area (Å²) in [5, 5.41) is 13.8. The van der Waals surface area contributed by atoms with Crippen molar-refractivity contribution >= 4 is 15.9 Å². The molecule has 3 nitrogen and oxygen atoms in total. The van der Waals surface area contributed by atoms with Gasteiger partial charge in [-0.3, -0.25) is 4.68 Å². The lowest BCUT2D eigenvalue weighted by Crippen LogP contribution is -2.13. The van der Waals surface area contributed by atoms with Crippen LogP contribution in [-0.2, 0) is 19.9 Å². The zero-order chi connectivity index (χ0) is 11.1. The monoisotopic (exact) mass is 272 g/mol. The minimum Gasteiger partial charge on any atom is -0.396 e. The van der Waals surface area contributed by atoms with Crippen LogP contribution in [0.3, 0.4) is 0 Å². The summed E-state index contributed by atoms with van der Waals surface area (Å²) >= 11 is 3.61. The van der Waals surface area contributed by atoms with Gasteiger partial charge in [-0.15, -0.1) is 0 Å². The molecule has 0 aromatic carbocycles. The Kier molecular flexibility index (Phi) is 2.90. The van der Waals surface area contributed by atoms with Crippen LogP contribution in [0.4, 0.5) is 0 Å². The molecule has 84 valence electrons. The van der Waals surface area contributed by atoms with E-state index >= 15 is 0 Å². The molecule has 1 fully saturated rings. The minimum absolute atomic E-state index is 0.154. The first-order valence-electron chi connectivity index (χ1n) is 5.43. The standard InChI is InChI=1S/C11H17BrN2O/c1-3-8-10(12)9(14(2)13-8)6-11(7-15)4-5-11/h15H,3-7H2,1-2H3. The number of hydrogen-bond acceptors (Lipinski definition) is 2. The molecule has 1 N–H and O–H groups in total. The number of aliphatic hydroxyl groups excluding tert-OH is 1. The SMILES string of the molecule is CCc1nn(C)c(CC2(CO)CC2)c1Br. The summed E-state index contributed by atoms with van der Waals surface area (Å²) in [4.78, 5) is 0. The highest BCUT2D eigenvalue weighted by molar-refractivity contribution is 9.10. The van der Waals surface area contributed by atoms with Crippen LogP contribution in [0, 0.1) is 5.41 Å². The first-order valence-corrected chi connectivity index (χ1v) is 6.22. The van der Waals surface area contributed by atoms with Gasteiger partial charge in [0, 0.05) is 13.7 Å². The van der Waals surface area contributed by atoms with E-state index in [1.54, 1.807) is 0 Å². The van der Waals surface area contributed by atoms with Crippen LogP contribution < -0.4 is 0 Å². The van der Waals surface area contributed by atoms with Crippen LogP contribution in [0.5, 0.6) is 0 Å². The second kappa shape index (κ2) is 3.91. The van der Waals surface area contributed by atoms with E-state index in [0.717, 1.165) is 35.8 Å². The first-order chi connectivity index (χ1) is 7.12. The van der Waals surface area contributed by atoms with Crippen molar-refractivity contribution in [1.29, 1.82) is 0 Å². The molecule has 0 saturated heterocycles. The molecule has 1 saturated carbocycles. The summed E-state index contributed by atoms with van der Waals surface area (Å²) in [6, 6.07) is 0. The van der Waals surface area contributed by atoms with Gasteiger partial charge in [0.1, 0.15) is 0 Å². The Labute approximate surface area is 98.6 Å². The Morgan fingerprint density at radius 1 is 1.53 bits per heavy atom. The smallest absolute Gasteiger partial charge is 0.0766 e. The highest BCUT2D eigenvalue weighted by Crippen LogP contribution is 2.48. The van der Waals surface area contributed by atoms with E-state index in [9.17, 15) is 5.11 Å². The van der Waals surface area contributed by atoms with E-state index in [-0.39, 0.29) is 5.41 Å². The first kappa shape index (κ1) is 11.1. The molecule has 1 aliphatic rings. The maximum atomic E-state index is 9.32. The molecule has 1 aromatic rings. The van der Waals surface area contributed by atoms with Gasteiger partial charge in [0.05, 0.1) is 15.9 Å². The molecular formula is C11H17BrN2O. The predicted octanol–water partition coefficient (Wildman–Crippen LogP) is 2.06. The second-order valence-corrected chi connectivity index (χ2v) is 5.31. The average molecular weight is 273 g/mol. The molecule has 0 atom stereocenters. The van der Waals surface area contributed by atoms with Crippen molar-refractivity contribution in [2.75, 3.05) is 6.61 Å². The second-order valence-electron chi connectivity index (χ2n) is 4.52. The van der Waals surface area contributed by atoms with Gasteiger partial charge in [-0.1, -0.05) is 6.92 Å². The molecular weight excluding hydrogens is 256 g/mol. The predicted molar refractivity (Wildman–Crippen MR) is 62.7 cm³/mol. The van der Waals surface area contributed by atoms with Crippen molar-refractivity contribution < 1.29 is 5.11 Å². The van der Waals surface area contributed by atoms with Gasteiger partial charge in [-0.2, -0.15) is 5.10 Å². The summed E-state index contributed by atoms with van der Waals surface area (Å²) in [7, 11) is 1.98. The molecule has 1 aliphatic carbocycles. The molecule has 0 bridgehead atoms. The number of aryl methyl sites for hydroxylation is 2. The third kappa shape index (κ3) is 1.97. The molecule has 0 amide bonds. The Hall–Kier alpha value is -0.350. The Balaban J connectivity index is 2.24. The van der Waals surface area contributed by atoms with Crippen LogP contribution in [0.2, 0.25) is 0 Å². The minimum atomic E-state index is 0.154. The Morgan fingerprint density at radius 3 is 2.60 bits per heavy atom. The van der Waals surface area contributed by atoms with Crippen LogP contribution >= 0.6 is 15.9 Å². The maximum Gasteiger partial charge on any atom is 0.0766 e. The zero-order valence-electron chi connectivity index (χ0n) is 9.26. The zero-order valence-corrected chi connectivity index (χ0v) is 10.8.